The number of aryl methyl sites for hydroxylation is 1. The quantitative estimate of drug-likeness (QED) is 0.909. The summed E-state index contributed by atoms with van der Waals surface area (Å²) in [5, 5.41) is 12.7. The summed E-state index contributed by atoms with van der Waals surface area (Å²) in [4.78, 5) is 10.5. The van der Waals surface area contributed by atoms with Gasteiger partial charge in [-0.2, -0.15) is 5.10 Å². The highest BCUT2D eigenvalue weighted by Gasteiger charge is 2.23. The van der Waals surface area contributed by atoms with E-state index in [1.165, 1.54) is 31.0 Å². The van der Waals surface area contributed by atoms with E-state index in [1.54, 1.807) is 0 Å². The van der Waals surface area contributed by atoms with Crippen molar-refractivity contribution < 1.29 is 27.4 Å². The first-order chi connectivity index (χ1) is 10.2. The van der Waals surface area contributed by atoms with Crippen LogP contribution in [0.2, 0.25) is 0 Å². The maximum atomic E-state index is 14.4. The molecular formula is C13H13FN2O5S. The van der Waals surface area contributed by atoms with E-state index in [4.69, 9.17) is 9.84 Å². The Morgan fingerprint density at radius 1 is 1.41 bits per heavy atom. The fourth-order valence-corrected chi connectivity index (χ4v) is 2.78. The van der Waals surface area contributed by atoms with Gasteiger partial charge in [-0.05, 0) is 18.2 Å². The zero-order chi connectivity index (χ0) is 16.7. The van der Waals surface area contributed by atoms with Gasteiger partial charge in [0.1, 0.15) is 4.90 Å². The molecule has 22 heavy (non-hydrogen) atoms. The van der Waals surface area contributed by atoms with Crippen molar-refractivity contribution in [1.82, 2.24) is 9.78 Å². The third-order valence-corrected chi connectivity index (χ3v) is 4.15. The lowest BCUT2D eigenvalue weighted by atomic mass is 10.1. The zero-order valence-corrected chi connectivity index (χ0v) is 12.8. The van der Waals surface area contributed by atoms with Crippen LogP contribution in [0.1, 0.15) is 10.5 Å². The van der Waals surface area contributed by atoms with Crippen LogP contribution in [-0.2, 0) is 16.9 Å². The van der Waals surface area contributed by atoms with E-state index in [-0.39, 0.29) is 22.7 Å². The highest BCUT2D eigenvalue weighted by molar-refractivity contribution is 7.90. The van der Waals surface area contributed by atoms with Crippen molar-refractivity contribution in [2.24, 2.45) is 7.05 Å². The first-order valence-electron chi connectivity index (χ1n) is 6.01. The Kier molecular flexibility index (Phi) is 3.92. The Morgan fingerprint density at radius 2 is 2.05 bits per heavy atom. The molecule has 0 radical (unpaired) electrons. The molecule has 0 atom stereocenters. The normalized spacial score (nSPS) is 11.5. The molecule has 0 fully saturated rings. The third-order valence-electron chi connectivity index (χ3n) is 3.04. The number of rotatable bonds is 4. The van der Waals surface area contributed by atoms with Crippen molar-refractivity contribution in [3.05, 3.63) is 29.7 Å². The fraction of sp³-hybridized carbons (Fsp3) is 0.231. The standard InChI is InChI=1S/C13H13FN2O5S/c1-16-9(6-8(15-16)13(17)18)7-4-5-10(22(3,19)20)11(14)12(7)21-2/h4-6H,1-3H3,(H,17,18). The molecular weight excluding hydrogens is 315 g/mol. The molecule has 1 N–H and O–H groups in total. The van der Waals surface area contributed by atoms with Crippen molar-refractivity contribution >= 4 is 15.8 Å². The number of halogens is 1. The first-order valence-corrected chi connectivity index (χ1v) is 7.90. The maximum absolute atomic E-state index is 14.4. The highest BCUT2D eigenvalue weighted by atomic mass is 32.2. The van der Waals surface area contributed by atoms with Gasteiger partial charge in [0.05, 0.1) is 12.8 Å². The number of nitrogens with zero attached hydrogens (tertiary/aromatic N) is 2. The van der Waals surface area contributed by atoms with E-state index in [0.29, 0.717) is 0 Å². The first kappa shape index (κ1) is 16.0. The number of aromatic nitrogens is 2. The van der Waals surface area contributed by atoms with Gasteiger partial charge < -0.3 is 9.84 Å². The molecule has 0 saturated carbocycles. The Bertz CT molecular complexity index is 858. The molecule has 2 rings (SSSR count). The number of hydrogen-bond donors (Lipinski definition) is 1. The molecule has 1 heterocycles. The highest BCUT2D eigenvalue weighted by Crippen LogP contribution is 2.35. The number of aromatic carboxylic acids is 1. The van der Waals surface area contributed by atoms with E-state index >= 15 is 0 Å². The van der Waals surface area contributed by atoms with Crippen LogP contribution < -0.4 is 4.74 Å². The van der Waals surface area contributed by atoms with Gasteiger partial charge in [-0.15, -0.1) is 0 Å². The Labute approximate surface area is 125 Å². The minimum atomic E-state index is -3.75. The smallest absolute Gasteiger partial charge is 0.356 e. The molecule has 0 bridgehead atoms. The summed E-state index contributed by atoms with van der Waals surface area (Å²) in [6.45, 7) is 0. The number of sulfone groups is 1. The van der Waals surface area contributed by atoms with Gasteiger partial charge in [0.15, 0.2) is 27.1 Å². The van der Waals surface area contributed by atoms with Crippen molar-refractivity contribution in [3.63, 3.8) is 0 Å². The number of hydrogen-bond acceptors (Lipinski definition) is 5. The van der Waals surface area contributed by atoms with Gasteiger partial charge in [0.25, 0.3) is 0 Å². The molecule has 0 aliphatic rings. The molecule has 118 valence electrons. The number of carboxylic acid groups (broad SMARTS) is 1. The summed E-state index contributed by atoms with van der Waals surface area (Å²) < 4.78 is 43.7. The second kappa shape index (κ2) is 5.41. The van der Waals surface area contributed by atoms with Crippen LogP contribution in [0.25, 0.3) is 11.3 Å². The number of methoxy groups -OCH3 is 1. The number of ether oxygens (including phenoxy) is 1. The minimum absolute atomic E-state index is 0.204. The Morgan fingerprint density at radius 3 is 2.50 bits per heavy atom. The van der Waals surface area contributed by atoms with Crippen LogP contribution >= 0.6 is 0 Å². The molecule has 1 aromatic heterocycles. The van der Waals surface area contributed by atoms with Gasteiger partial charge in [0.2, 0.25) is 0 Å². The summed E-state index contributed by atoms with van der Waals surface area (Å²) >= 11 is 0. The summed E-state index contributed by atoms with van der Waals surface area (Å²) in [5.74, 6) is -2.54. The van der Waals surface area contributed by atoms with Gasteiger partial charge in [-0.3, -0.25) is 4.68 Å². The second-order valence-electron chi connectivity index (χ2n) is 4.57. The van der Waals surface area contributed by atoms with Crippen molar-refractivity contribution in [2.45, 2.75) is 4.90 Å². The monoisotopic (exact) mass is 328 g/mol. The van der Waals surface area contributed by atoms with Crippen LogP contribution in [0.3, 0.4) is 0 Å². The van der Waals surface area contributed by atoms with Crippen LogP contribution in [0.5, 0.6) is 5.75 Å². The zero-order valence-electron chi connectivity index (χ0n) is 12.0. The largest absolute Gasteiger partial charge is 0.493 e. The summed E-state index contributed by atoms with van der Waals surface area (Å²) in [5.41, 5.74) is 0.273. The Balaban J connectivity index is 2.72. The van der Waals surface area contributed by atoms with Gasteiger partial charge in [-0.1, -0.05) is 0 Å². The van der Waals surface area contributed by atoms with Gasteiger partial charge in [-0.25, -0.2) is 17.6 Å². The van der Waals surface area contributed by atoms with Gasteiger partial charge >= 0.3 is 5.97 Å². The van der Waals surface area contributed by atoms with E-state index in [9.17, 15) is 17.6 Å². The molecule has 7 nitrogen and oxygen atoms in total. The predicted molar refractivity (Wildman–Crippen MR) is 75.2 cm³/mol. The Hall–Kier alpha value is -2.42. The van der Waals surface area contributed by atoms with E-state index in [1.807, 2.05) is 0 Å². The van der Waals surface area contributed by atoms with Gasteiger partial charge in [0, 0.05) is 18.9 Å². The molecule has 0 aliphatic carbocycles. The molecule has 0 amide bonds. The van der Waals surface area contributed by atoms with Crippen LogP contribution in [0.15, 0.2) is 23.1 Å². The average Bonchev–Trinajstić information content (AvgIpc) is 2.79. The number of carboxylic acids is 1. The lowest BCUT2D eigenvalue weighted by Crippen LogP contribution is -2.05. The summed E-state index contributed by atoms with van der Waals surface area (Å²) in [6.07, 6.45) is 0.886. The molecule has 9 heteroatoms. The van der Waals surface area contributed by atoms with Crippen LogP contribution in [0, 0.1) is 5.82 Å². The lowest BCUT2D eigenvalue weighted by molar-refractivity contribution is 0.0689. The number of carbonyl (C=O) groups is 1. The molecule has 0 spiro atoms. The SMILES string of the molecule is COc1c(-c2cc(C(=O)O)nn2C)ccc(S(C)(=O)=O)c1F. The van der Waals surface area contributed by atoms with E-state index in [2.05, 4.69) is 5.10 Å². The summed E-state index contributed by atoms with van der Waals surface area (Å²) in [6, 6.07) is 3.71. The van der Waals surface area contributed by atoms with Crippen molar-refractivity contribution in [1.29, 1.82) is 0 Å². The minimum Gasteiger partial charge on any atom is -0.493 e. The van der Waals surface area contributed by atoms with Crippen LogP contribution in [0.4, 0.5) is 4.39 Å². The lowest BCUT2D eigenvalue weighted by Gasteiger charge is -2.12. The van der Waals surface area contributed by atoms with Crippen molar-refractivity contribution in [3.8, 4) is 17.0 Å². The fourth-order valence-electron chi connectivity index (χ4n) is 2.05. The van der Waals surface area contributed by atoms with Crippen molar-refractivity contribution in [2.75, 3.05) is 13.4 Å². The predicted octanol–water partition coefficient (Wildman–Crippen LogP) is 1.34. The second-order valence-corrected chi connectivity index (χ2v) is 6.56. The van der Waals surface area contributed by atoms with E-state index < -0.39 is 26.5 Å². The van der Waals surface area contributed by atoms with Crippen LogP contribution in [-0.4, -0.2) is 42.6 Å². The molecule has 1 aromatic carbocycles. The average molecular weight is 328 g/mol. The topological polar surface area (TPSA) is 98.5 Å². The summed E-state index contributed by atoms with van der Waals surface area (Å²) in [7, 11) is -1.07. The van der Waals surface area contributed by atoms with E-state index in [0.717, 1.165) is 12.3 Å². The molecule has 0 unspecified atom stereocenters. The maximum Gasteiger partial charge on any atom is 0.356 e. The molecule has 0 aliphatic heterocycles. The number of benzene rings is 1. The third kappa shape index (κ3) is 2.67. The molecule has 2 aromatic rings. The molecule has 0 saturated heterocycles.